The lowest BCUT2D eigenvalue weighted by Gasteiger charge is -2.34. The summed E-state index contributed by atoms with van der Waals surface area (Å²) in [4.78, 5) is 17.2. The third-order valence-corrected chi connectivity index (χ3v) is 5.75. The first-order valence-corrected chi connectivity index (χ1v) is 10.7. The average Bonchev–Trinajstić information content (AvgIpc) is 3.07. The molecule has 1 N–H and O–H groups in total. The summed E-state index contributed by atoms with van der Waals surface area (Å²) < 4.78 is 1.91. The summed E-state index contributed by atoms with van der Waals surface area (Å²) in [6.45, 7) is 8.18. The van der Waals surface area contributed by atoms with Gasteiger partial charge in [-0.1, -0.05) is 18.2 Å². The fourth-order valence-corrected chi connectivity index (χ4v) is 3.88. The number of piperazine rings is 1. The first-order valence-electron chi connectivity index (χ1n) is 10.7. The van der Waals surface area contributed by atoms with Gasteiger partial charge >= 0.3 is 0 Å². The van der Waals surface area contributed by atoms with E-state index in [1.807, 2.05) is 67.1 Å². The Balaban J connectivity index is 1.40. The van der Waals surface area contributed by atoms with Crippen molar-refractivity contribution in [1.29, 1.82) is 0 Å². The lowest BCUT2D eigenvalue weighted by molar-refractivity contribution is -0.111. The molecule has 0 saturated carbocycles. The highest BCUT2D eigenvalue weighted by Gasteiger charge is 2.14. The van der Waals surface area contributed by atoms with E-state index < -0.39 is 0 Å². The average molecular weight is 416 g/mol. The number of aryl methyl sites for hydroxylation is 1. The Morgan fingerprint density at radius 3 is 2.29 bits per heavy atom. The number of para-hydroxylation sites is 1. The molecule has 1 saturated heterocycles. The van der Waals surface area contributed by atoms with Crippen LogP contribution in [0.5, 0.6) is 0 Å². The van der Waals surface area contributed by atoms with E-state index in [2.05, 4.69) is 39.4 Å². The molecular formula is C25H29N5O. The Kier molecular flexibility index (Phi) is 6.18. The Morgan fingerprint density at radius 1 is 0.935 bits per heavy atom. The number of rotatable bonds is 5. The van der Waals surface area contributed by atoms with Crippen LogP contribution in [0.1, 0.15) is 17.0 Å². The molecule has 1 aliphatic rings. The molecule has 2 aromatic carbocycles. The van der Waals surface area contributed by atoms with Gasteiger partial charge < -0.3 is 15.1 Å². The highest BCUT2D eigenvalue weighted by molar-refractivity contribution is 6.02. The fraction of sp³-hybridized carbons (Fsp3) is 0.280. The quantitative estimate of drug-likeness (QED) is 0.643. The SMILES string of the molecule is Cc1nn(-c2ccccc2)c(C)c1/C=C/C(=O)Nc1ccc(N2CCN(C)CC2)cc1. The van der Waals surface area contributed by atoms with Gasteiger partial charge in [0.2, 0.25) is 5.91 Å². The minimum absolute atomic E-state index is 0.154. The van der Waals surface area contributed by atoms with Crippen LogP contribution in [-0.2, 0) is 4.79 Å². The van der Waals surface area contributed by atoms with Crippen molar-refractivity contribution in [2.75, 3.05) is 43.4 Å². The van der Waals surface area contributed by atoms with Gasteiger partial charge in [-0.3, -0.25) is 4.79 Å². The smallest absolute Gasteiger partial charge is 0.248 e. The molecule has 1 aromatic heterocycles. The van der Waals surface area contributed by atoms with Crippen molar-refractivity contribution in [3.8, 4) is 5.69 Å². The van der Waals surface area contributed by atoms with Crippen LogP contribution in [-0.4, -0.2) is 53.8 Å². The van der Waals surface area contributed by atoms with Gasteiger partial charge in [-0.2, -0.15) is 5.10 Å². The lowest BCUT2D eigenvalue weighted by Crippen LogP contribution is -2.44. The fourth-order valence-electron chi connectivity index (χ4n) is 3.88. The molecule has 0 unspecified atom stereocenters. The van der Waals surface area contributed by atoms with Gasteiger partial charge in [-0.25, -0.2) is 4.68 Å². The van der Waals surface area contributed by atoms with Gasteiger partial charge in [0.15, 0.2) is 0 Å². The van der Waals surface area contributed by atoms with E-state index in [0.29, 0.717) is 0 Å². The number of amides is 1. The minimum Gasteiger partial charge on any atom is -0.369 e. The van der Waals surface area contributed by atoms with E-state index in [9.17, 15) is 4.79 Å². The van der Waals surface area contributed by atoms with Crippen LogP contribution >= 0.6 is 0 Å². The van der Waals surface area contributed by atoms with Crippen LogP contribution in [0.2, 0.25) is 0 Å². The monoisotopic (exact) mass is 415 g/mol. The van der Waals surface area contributed by atoms with Gasteiger partial charge in [0.25, 0.3) is 0 Å². The number of nitrogens with one attached hydrogen (secondary N) is 1. The van der Waals surface area contributed by atoms with E-state index in [-0.39, 0.29) is 5.91 Å². The van der Waals surface area contributed by atoms with E-state index in [1.54, 1.807) is 6.08 Å². The van der Waals surface area contributed by atoms with E-state index in [4.69, 9.17) is 0 Å². The maximum absolute atomic E-state index is 12.5. The molecule has 1 amide bonds. The molecule has 6 heteroatoms. The predicted molar refractivity (Wildman–Crippen MR) is 127 cm³/mol. The van der Waals surface area contributed by atoms with Crippen molar-refractivity contribution in [3.05, 3.63) is 77.6 Å². The van der Waals surface area contributed by atoms with Crippen molar-refractivity contribution < 1.29 is 4.79 Å². The number of hydrogen-bond acceptors (Lipinski definition) is 4. The summed E-state index contributed by atoms with van der Waals surface area (Å²) in [7, 11) is 2.15. The van der Waals surface area contributed by atoms with Crippen molar-refractivity contribution in [2.24, 2.45) is 0 Å². The van der Waals surface area contributed by atoms with Gasteiger partial charge in [0.1, 0.15) is 0 Å². The predicted octanol–water partition coefficient (Wildman–Crippen LogP) is 3.89. The number of anilines is 2. The first-order chi connectivity index (χ1) is 15.0. The van der Waals surface area contributed by atoms with Crippen LogP contribution < -0.4 is 10.2 Å². The lowest BCUT2D eigenvalue weighted by atomic mass is 10.1. The molecule has 4 rings (SSSR count). The van der Waals surface area contributed by atoms with Gasteiger partial charge in [0, 0.05) is 54.9 Å². The summed E-state index contributed by atoms with van der Waals surface area (Å²) in [6, 6.07) is 18.1. The molecule has 0 radical (unpaired) electrons. The summed E-state index contributed by atoms with van der Waals surface area (Å²) in [6.07, 6.45) is 3.41. The molecular weight excluding hydrogens is 386 g/mol. The van der Waals surface area contributed by atoms with E-state index in [0.717, 1.165) is 54.5 Å². The molecule has 6 nitrogen and oxygen atoms in total. The second-order valence-corrected chi connectivity index (χ2v) is 7.99. The van der Waals surface area contributed by atoms with Crippen molar-refractivity contribution in [3.63, 3.8) is 0 Å². The Bertz CT molecular complexity index is 1060. The van der Waals surface area contributed by atoms with Crippen molar-refractivity contribution >= 4 is 23.4 Å². The number of hydrogen-bond donors (Lipinski definition) is 1. The second-order valence-electron chi connectivity index (χ2n) is 7.99. The number of nitrogens with zero attached hydrogens (tertiary/aromatic N) is 4. The van der Waals surface area contributed by atoms with Crippen LogP contribution in [0.3, 0.4) is 0 Å². The zero-order valence-corrected chi connectivity index (χ0v) is 18.4. The van der Waals surface area contributed by atoms with Crippen LogP contribution in [0.15, 0.2) is 60.7 Å². The first kappa shape index (κ1) is 20.9. The maximum atomic E-state index is 12.5. The van der Waals surface area contributed by atoms with Crippen LogP contribution in [0.4, 0.5) is 11.4 Å². The maximum Gasteiger partial charge on any atom is 0.248 e. The summed E-state index contributed by atoms with van der Waals surface area (Å²) >= 11 is 0. The molecule has 0 bridgehead atoms. The van der Waals surface area contributed by atoms with Crippen molar-refractivity contribution in [1.82, 2.24) is 14.7 Å². The standard InChI is InChI=1S/C25H29N5O/c1-19-24(20(2)30(27-19)23-7-5-4-6-8-23)13-14-25(31)26-21-9-11-22(12-10-21)29-17-15-28(3)16-18-29/h4-14H,15-18H2,1-3H3,(H,26,31)/b14-13+. The molecule has 1 aliphatic heterocycles. The van der Waals surface area contributed by atoms with Crippen LogP contribution in [0.25, 0.3) is 11.8 Å². The molecule has 0 aliphatic carbocycles. The zero-order chi connectivity index (χ0) is 21.8. The summed E-state index contributed by atoms with van der Waals surface area (Å²) in [5.74, 6) is -0.154. The van der Waals surface area contributed by atoms with E-state index in [1.165, 1.54) is 5.69 Å². The van der Waals surface area contributed by atoms with Gasteiger partial charge in [-0.15, -0.1) is 0 Å². The number of carbonyl (C=O) groups is 1. The van der Waals surface area contributed by atoms with Crippen LogP contribution in [0, 0.1) is 13.8 Å². The third kappa shape index (κ3) is 4.86. The Morgan fingerprint density at radius 2 is 1.61 bits per heavy atom. The summed E-state index contributed by atoms with van der Waals surface area (Å²) in [5, 5.41) is 7.57. The van der Waals surface area contributed by atoms with Gasteiger partial charge in [-0.05, 0) is 63.4 Å². The molecule has 0 atom stereocenters. The largest absolute Gasteiger partial charge is 0.369 e. The molecule has 2 heterocycles. The highest BCUT2D eigenvalue weighted by atomic mass is 16.1. The molecule has 3 aromatic rings. The molecule has 31 heavy (non-hydrogen) atoms. The third-order valence-electron chi connectivity index (χ3n) is 5.75. The normalized spacial score (nSPS) is 14.9. The molecule has 160 valence electrons. The molecule has 1 fully saturated rings. The molecule has 0 spiro atoms. The number of carbonyl (C=O) groups excluding carboxylic acids is 1. The number of aromatic nitrogens is 2. The van der Waals surface area contributed by atoms with Gasteiger partial charge in [0.05, 0.1) is 11.4 Å². The Labute approximate surface area is 183 Å². The highest BCUT2D eigenvalue weighted by Crippen LogP contribution is 2.21. The van der Waals surface area contributed by atoms with Crippen molar-refractivity contribution in [2.45, 2.75) is 13.8 Å². The minimum atomic E-state index is -0.154. The van der Waals surface area contributed by atoms with E-state index >= 15 is 0 Å². The topological polar surface area (TPSA) is 53.4 Å². The zero-order valence-electron chi connectivity index (χ0n) is 18.4. The summed E-state index contributed by atoms with van der Waals surface area (Å²) in [5.41, 5.74) is 5.85. The second kappa shape index (κ2) is 9.18. The number of likely N-dealkylation sites (N-methyl/N-ethyl adjacent to an activating group) is 1. The number of benzene rings is 2. The Hall–Kier alpha value is -3.38.